The second-order valence-corrected chi connectivity index (χ2v) is 6.64. The molecule has 1 rings (SSSR count). The lowest BCUT2D eigenvalue weighted by molar-refractivity contribution is 0.239. The number of nitrogens with one attached hydrogen (secondary N) is 1. The molecule has 114 valence electrons. The zero-order valence-electron chi connectivity index (χ0n) is 13.2. The monoisotopic (exact) mass is 341 g/mol. The molecule has 20 heavy (non-hydrogen) atoms. The van der Waals surface area contributed by atoms with E-state index in [0.29, 0.717) is 11.8 Å². The highest BCUT2D eigenvalue weighted by atomic mass is 79.9. The molecule has 0 fully saturated rings. The summed E-state index contributed by atoms with van der Waals surface area (Å²) in [6.45, 7) is 11.6. The Kier molecular flexibility index (Phi) is 8.24. The fraction of sp³-hybridized carbons (Fsp3) is 0.647. The zero-order valence-corrected chi connectivity index (χ0v) is 14.8. The maximum atomic E-state index is 5.91. The Hall–Kier alpha value is -0.540. The summed E-state index contributed by atoms with van der Waals surface area (Å²) in [5.74, 6) is 2.28. The first-order valence-corrected chi connectivity index (χ1v) is 8.48. The quantitative estimate of drug-likeness (QED) is 0.681. The topological polar surface area (TPSA) is 21.3 Å². The third-order valence-corrected chi connectivity index (χ3v) is 4.13. The highest BCUT2D eigenvalue weighted by Gasteiger charge is 2.07. The average Bonchev–Trinajstić information content (AvgIpc) is 2.41. The van der Waals surface area contributed by atoms with Crippen LogP contribution in [0.15, 0.2) is 22.7 Å². The third-order valence-electron chi connectivity index (χ3n) is 3.51. The van der Waals surface area contributed by atoms with Crippen molar-refractivity contribution in [2.75, 3.05) is 13.2 Å². The number of hydrogen-bond donors (Lipinski definition) is 1. The molecular formula is C17H28BrNO. The molecule has 0 atom stereocenters. The maximum absolute atomic E-state index is 5.91. The minimum absolute atomic E-state index is 0.647. The molecule has 0 amide bonds. The second kappa shape index (κ2) is 9.41. The zero-order chi connectivity index (χ0) is 15.0. The first-order valence-electron chi connectivity index (χ1n) is 7.68. The van der Waals surface area contributed by atoms with E-state index in [1.165, 1.54) is 18.4 Å². The number of benzene rings is 1. The molecule has 2 nitrogen and oxygen atoms in total. The molecule has 0 saturated carbocycles. The van der Waals surface area contributed by atoms with Crippen molar-refractivity contribution < 1.29 is 4.74 Å². The number of halogens is 1. The Bertz CT molecular complexity index is 389. The molecule has 0 unspecified atom stereocenters. The van der Waals surface area contributed by atoms with Gasteiger partial charge >= 0.3 is 0 Å². The van der Waals surface area contributed by atoms with Gasteiger partial charge in [-0.2, -0.15) is 0 Å². The molecule has 3 heteroatoms. The van der Waals surface area contributed by atoms with Crippen molar-refractivity contribution in [2.24, 2.45) is 11.8 Å². The van der Waals surface area contributed by atoms with Crippen molar-refractivity contribution in [1.82, 2.24) is 5.32 Å². The van der Waals surface area contributed by atoms with Gasteiger partial charge in [0, 0.05) is 6.54 Å². The lowest BCUT2D eigenvalue weighted by atomic mass is 10.1. The summed E-state index contributed by atoms with van der Waals surface area (Å²) in [5, 5.41) is 3.45. The molecule has 0 aromatic heterocycles. The summed E-state index contributed by atoms with van der Waals surface area (Å²) in [6, 6.07) is 6.36. The van der Waals surface area contributed by atoms with E-state index in [4.69, 9.17) is 4.74 Å². The van der Waals surface area contributed by atoms with Crippen LogP contribution in [0.2, 0.25) is 0 Å². The molecule has 0 heterocycles. The standard InChI is InChI=1S/C17H28BrNO/c1-5-14(6-2)12-20-17-8-7-15(9-16(17)18)11-19-10-13(3)4/h7-9,13-14,19H,5-6,10-12H2,1-4H3. The Labute approximate surface area is 132 Å². The van der Waals surface area contributed by atoms with Crippen LogP contribution in [-0.4, -0.2) is 13.2 Å². The van der Waals surface area contributed by atoms with Crippen LogP contribution in [0.3, 0.4) is 0 Å². The summed E-state index contributed by atoms with van der Waals surface area (Å²) in [4.78, 5) is 0. The van der Waals surface area contributed by atoms with Crippen LogP contribution in [0.4, 0.5) is 0 Å². The van der Waals surface area contributed by atoms with Gasteiger partial charge in [-0.15, -0.1) is 0 Å². The van der Waals surface area contributed by atoms with Gasteiger partial charge in [-0.1, -0.05) is 46.6 Å². The fourth-order valence-corrected chi connectivity index (χ4v) is 2.55. The molecule has 1 aromatic rings. The van der Waals surface area contributed by atoms with Crippen LogP contribution in [0.5, 0.6) is 5.75 Å². The summed E-state index contributed by atoms with van der Waals surface area (Å²) in [6.07, 6.45) is 2.34. The molecule has 0 radical (unpaired) electrons. The van der Waals surface area contributed by atoms with Gasteiger partial charge in [-0.05, 0) is 52.0 Å². The van der Waals surface area contributed by atoms with Crippen molar-refractivity contribution in [1.29, 1.82) is 0 Å². The first kappa shape index (κ1) is 17.5. The van der Waals surface area contributed by atoms with Crippen molar-refractivity contribution in [3.8, 4) is 5.75 Å². The van der Waals surface area contributed by atoms with E-state index in [0.717, 1.165) is 29.9 Å². The van der Waals surface area contributed by atoms with E-state index in [-0.39, 0.29) is 0 Å². The maximum Gasteiger partial charge on any atom is 0.133 e. The van der Waals surface area contributed by atoms with Crippen LogP contribution >= 0.6 is 15.9 Å². The van der Waals surface area contributed by atoms with Gasteiger partial charge in [-0.25, -0.2) is 0 Å². The minimum Gasteiger partial charge on any atom is -0.492 e. The van der Waals surface area contributed by atoms with Gasteiger partial charge in [0.15, 0.2) is 0 Å². The molecule has 0 saturated heterocycles. The average molecular weight is 342 g/mol. The number of rotatable bonds is 9. The largest absolute Gasteiger partial charge is 0.492 e. The highest BCUT2D eigenvalue weighted by molar-refractivity contribution is 9.10. The van der Waals surface area contributed by atoms with E-state index in [1.54, 1.807) is 0 Å². The van der Waals surface area contributed by atoms with Crippen LogP contribution in [-0.2, 0) is 6.54 Å². The summed E-state index contributed by atoms with van der Waals surface area (Å²) >= 11 is 3.61. The van der Waals surface area contributed by atoms with Crippen LogP contribution in [0.1, 0.15) is 46.1 Å². The van der Waals surface area contributed by atoms with E-state index >= 15 is 0 Å². The molecule has 1 N–H and O–H groups in total. The molecule has 1 aromatic carbocycles. The van der Waals surface area contributed by atoms with Crippen molar-refractivity contribution >= 4 is 15.9 Å². The van der Waals surface area contributed by atoms with E-state index in [2.05, 4.69) is 67.1 Å². The predicted molar refractivity (Wildman–Crippen MR) is 90.3 cm³/mol. The minimum atomic E-state index is 0.647. The summed E-state index contributed by atoms with van der Waals surface area (Å²) < 4.78 is 6.96. The predicted octanol–water partition coefficient (Wildman–Crippen LogP) is 5.01. The second-order valence-electron chi connectivity index (χ2n) is 5.78. The van der Waals surface area contributed by atoms with Gasteiger partial charge in [0.1, 0.15) is 5.75 Å². The Morgan fingerprint density at radius 2 is 1.90 bits per heavy atom. The molecule has 0 aliphatic carbocycles. The first-order chi connectivity index (χ1) is 9.56. The van der Waals surface area contributed by atoms with Gasteiger partial charge in [0.25, 0.3) is 0 Å². The normalized spacial score (nSPS) is 11.3. The highest BCUT2D eigenvalue weighted by Crippen LogP contribution is 2.27. The van der Waals surface area contributed by atoms with Crippen molar-refractivity contribution in [3.05, 3.63) is 28.2 Å². The van der Waals surface area contributed by atoms with Crippen molar-refractivity contribution in [2.45, 2.75) is 47.1 Å². The SMILES string of the molecule is CCC(CC)COc1ccc(CNCC(C)C)cc1Br. The van der Waals surface area contributed by atoms with E-state index < -0.39 is 0 Å². The lowest BCUT2D eigenvalue weighted by Crippen LogP contribution is -2.18. The Morgan fingerprint density at radius 3 is 2.45 bits per heavy atom. The number of ether oxygens (including phenoxy) is 1. The molecule has 0 aliphatic rings. The number of hydrogen-bond acceptors (Lipinski definition) is 2. The molecular weight excluding hydrogens is 314 g/mol. The molecule has 0 bridgehead atoms. The van der Waals surface area contributed by atoms with Gasteiger partial charge in [0.2, 0.25) is 0 Å². The van der Waals surface area contributed by atoms with Crippen molar-refractivity contribution in [3.63, 3.8) is 0 Å². The summed E-state index contributed by atoms with van der Waals surface area (Å²) in [5.41, 5.74) is 1.28. The van der Waals surface area contributed by atoms with Crippen LogP contribution in [0.25, 0.3) is 0 Å². The van der Waals surface area contributed by atoms with Gasteiger partial charge in [-0.3, -0.25) is 0 Å². The van der Waals surface area contributed by atoms with E-state index in [9.17, 15) is 0 Å². The molecule has 0 aliphatic heterocycles. The summed E-state index contributed by atoms with van der Waals surface area (Å²) in [7, 11) is 0. The third kappa shape index (κ3) is 6.27. The Balaban J connectivity index is 2.50. The molecule has 0 spiro atoms. The fourth-order valence-electron chi connectivity index (χ4n) is 2.01. The van der Waals surface area contributed by atoms with Gasteiger partial charge < -0.3 is 10.1 Å². The van der Waals surface area contributed by atoms with Crippen LogP contribution < -0.4 is 10.1 Å². The van der Waals surface area contributed by atoms with Gasteiger partial charge in [0.05, 0.1) is 11.1 Å². The van der Waals surface area contributed by atoms with Crippen LogP contribution in [0, 0.1) is 11.8 Å². The van der Waals surface area contributed by atoms with E-state index in [1.807, 2.05) is 0 Å². The lowest BCUT2D eigenvalue weighted by Gasteiger charge is -2.15. The Morgan fingerprint density at radius 1 is 1.20 bits per heavy atom. The smallest absolute Gasteiger partial charge is 0.133 e.